The first-order chi connectivity index (χ1) is 7.31. The highest BCUT2D eigenvalue weighted by Crippen LogP contribution is 2.28. The van der Waals surface area contributed by atoms with Crippen LogP contribution < -0.4 is 4.73 Å². The summed E-state index contributed by atoms with van der Waals surface area (Å²) in [7, 11) is 0. The van der Waals surface area contributed by atoms with E-state index >= 15 is 0 Å². The van der Waals surface area contributed by atoms with Gasteiger partial charge in [-0.3, -0.25) is 0 Å². The van der Waals surface area contributed by atoms with Crippen LogP contribution in [0.5, 0.6) is 0 Å². The summed E-state index contributed by atoms with van der Waals surface area (Å²) in [5.74, 6) is 0. The second-order valence-corrected chi connectivity index (χ2v) is 3.97. The molecule has 0 atom stereocenters. The number of imidazole rings is 1. The molecule has 0 radical (unpaired) electrons. The zero-order valence-electron chi connectivity index (χ0n) is 8.54. The lowest BCUT2D eigenvalue weighted by Crippen LogP contribution is -2.22. The van der Waals surface area contributed by atoms with E-state index in [1.54, 1.807) is 0 Å². The molecule has 1 heterocycles. The van der Waals surface area contributed by atoms with Crippen molar-refractivity contribution >= 4 is 6.21 Å². The van der Waals surface area contributed by atoms with Gasteiger partial charge in [0, 0.05) is 0 Å². The summed E-state index contributed by atoms with van der Waals surface area (Å²) in [6, 6.07) is 0.377. The Morgan fingerprint density at radius 1 is 1.47 bits per heavy atom. The number of hydrogen-bond donors (Lipinski definition) is 1. The Morgan fingerprint density at radius 3 is 2.87 bits per heavy atom. The largest absolute Gasteiger partial charge is 0.711 e. The molecule has 1 aromatic rings. The summed E-state index contributed by atoms with van der Waals surface area (Å²) in [5, 5.41) is 22.7. The van der Waals surface area contributed by atoms with Crippen LogP contribution in [-0.2, 0) is 0 Å². The van der Waals surface area contributed by atoms with Crippen LogP contribution in [0.15, 0.2) is 17.7 Å². The van der Waals surface area contributed by atoms with Crippen molar-refractivity contribution in [3.05, 3.63) is 23.4 Å². The van der Waals surface area contributed by atoms with E-state index in [4.69, 9.17) is 5.21 Å². The molecule has 15 heavy (non-hydrogen) atoms. The third-order valence-corrected chi connectivity index (χ3v) is 2.95. The molecule has 0 bridgehead atoms. The van der Waals surface area contributed by atoms with Crippen LogP contribution in [0.4, 0.5) is 0 Å². The van der Waals surface area contributed by atoms with Gasteiger partial charge in [0.2, 0.25) is 6.33 Å². The fourth-order valence-corrected chi connectivity index (χ4v) is 2.24. The first-order valence-electron chi connectivity index (χ1n) is 5.29. The smallest absolute Gasteiger partial charge is 0.247 e. The predicted molar refractivity (Wildman–Crippen MR) is 54.9 cm³/mol. The molecule has 1 aliphatic carbocycles. The molecule has 0 amide bonds. The van der Waals surface area contributed by atoms with Crippen LogP contribution in [0.3, 0.4) is 0 Å². The topological polar surface area (TPSA) is 64.5 Å². The summed E-state index contributed by atoms with van der Waals surface area (Å²) in [5.41, 5.74) is 0.666. The first-order valence-corrected chi connectivity index (χ1v) is 5.29. The lowest BCUT2D eigenvalue weighted by atomic mass is 9.95. The molecule has 0 spiro atoms. The van der Waals surface area contributed by atoms with Gasteiger partial charge in [-0.2, -0.15) is 0 Å². The molecule has 5 nitrogen and oxygen atoms in total. The number of aromatic nitrogens is 2. The van der Waals surface area contributed by atoms with Gasteiger partial charge in [0.25, 0.3) is 0 Å². The van der Waals surface area contributed by atoms with Crippen LogP contribution in [0.1, 0.15) is 43.8 Å². The first kappa shape index (κ1) is 10.0. The van der Waals surface area contributed by atoms with Crippen molar-refractivity contribution in [3.8, 4) is 0 Å². The van der Waals surface area contributed by atoms with Crippen molar-refractivity contribution in [2.24, 2.45) is 5.16 Å². The Hall–Kier alpha value is -1.52. The van der Waals surface area contributed by atoms with E-state index in [2.05, 4.69) is 5.16 Å². The Kier molecular flexibility index (Phi) is 2.89. The number of nitrogens with zero attached hydrogens (tertiary/aromatic N) is 3. The average Bonchev–Trinajstić information content (AvgIpc) is 2.62. The van der Waals surface area contributed by atoms with Crippen molar-refractivity contribution in [1.82, 2.24) is 4.57 Å². The summed E-state index contributed by atoms with van der Waals surface area (Å²) < 4.78 is 2.66. The summed E-state index contributed by atoms with van der Waals surface area (Å²) >= 11 is 0. The van der Waals surface area contributed by atoms with Gasteiger partial charge < -0.3 is 10.4 Å². The lowest BCUT2D eigenvalue weighted by molar-refractivity contribution is -0.605. The van der Waals surface area contributed by atoms with E-state index in [0.29, 0.717) is 11.7 Å². The monoisotopic (exact) mass is 209 g/mol. The summed E-state index contributed by atoms with van der Waals surface area (Å²) in [4.78, 5) is 0. The SMILES string of the molecule is [O-][n+]1cc(C=NO)n(C2CCCCC2)c1. The van der Waals surface area contributed by atoms with Crippen LogP contribution in [0.25, 0.3) is 0 Å². The van der Waals surface area contributed by atoms with Gasteiger partial charge in [0.15, 0.2) is 5.69 Å². The van der Waals surface area contributed by atoms with Crippen LogP contribution in [-0.4, -0.2) is 16.0 Å². The minimum absolute atomic E-state index is 0.377. The van der Waals surface area contributed by atoms with Gasteiger partial charge in [-0.25, -0.2) is 9.30 Å². The van der Waals surface area contributed by atoms with E-state index in [-0.39, 0.29) is 0 Å². The van der Waals surface area contributed by atoms with Crippen molar-refractivity contribution in [3.63, 3.8) is 0 Å². The van der Waals surface area contributed by atoms with Gasteiger partial charge >= 0.3 is 0 Å². The van der Waals surface area contributed by atoms with E-state index < -0.39 is 0 Å². The Morgan fingerprint density at radius 2 is 2.20 bits per heavy atom. The molecule has 2 rings (SSSR count). The van der Waals surface area contributed by atoms with Gasteiger partial charge in [-0.15, -0.1) is 0 Å². The average molecular weight is 209 g/mol. The zero-order valence-corrected chi connectivity index (χ0v) is 8.54. The van der Waals surface area contributed by atoms with Crippen molar-refractivity contribution < 1.29 is 9.94 Å². The van der Waals surface area contributed by atoms with Gasteiger partial charge in [0.1, 0.15) is 18.5 Å². The highest BCUT2D eigenvalue weighted by Gasteiger charge is 2.22. The van der Waals surface area contributed by atoms with E-state index in [1.165, 1.54) is 38.0 Å². The molecule has 0 aliphatic heterocycles. The number of hydrogen-bond acceptors (Lipinski definition) is 3. The fourth-order valence-electron chi connectivity index (χ4n) is 2.24. The van der Waals surface area contributed by atoms with E-state index in [0.717, 1.165) is 17.6 Å². The Labute approximate surface area is 88.2 Å². The lowest BCUT2D eigenvalue weighted by Gasteiger charge is -2.19. The highest BCUT2D eigenvalue weighted by molar-refractivity contribution is 5.75. The van der Waals surface area contributed by atoms with E-state index in [9.17, 15) is 5.21 Å². The van der Waals surface area contributed by atoms with Crippen molar-refractivity contribution in [2.45, 2.75) is 38.1 Å². The molecule has 0 unspecified atom stereocenters. The third-order valence-electron chi connectivity index (χ3n) is 2.95. The molecule has 1 N–H and O–H groups in total. The van der Waals surface area contributed by atoms with Crippen LogP contribution >= 0.6 is 0 Å². The normalized spacial score (nSPS) is 18.7. The second kappa shape index (κ2) is 4.33. The summed E-state index contributed by atoms with van der Waals surface area (Å²) in [6.07, 6.45) is 10.1. The maximum absolute atomic E-state index is 11.2. The molecule has 5 heteroatoms. The quantitative estimate of drug-likeness (QED) is 0.263. The predicted octanol–water partition coefficient (Wildman–Crippen LogP) is 1.43. The molecule has 0 saturated heterocycles. The van der Waals surface area contributed by atoms with Crippen molar-refractivity contribution in [2.75, 3.05) is 0 Å². The minimum Gasteiger partial charge on any atom is -0.711 e. The van der Waals surface area contributed by atoms with Crippen molar-refractivity contribution in [1.29, 1.82) is 0 Å². The fraction of sp³-hybridized carbons (Fsp3) is 0.600. The number of oxime groups is 1. The minimum atomic E-state index is 0.377. The molecular weight excluding hydrogens is 194 g/mol. The second-order valence-electron chi connectivity index (χ2n) is 3.97. The Bertz CT molecular complexity index is 354. The molecule has 82 valence electrons. The molecule has 1 saturated carbocycles. The van der Waals surface area contributed by atoms with Gasteiger partial charge in [0.05, 0.1) is 0 Å². The van der Waals surface area contributed by atoms with Gasteiger partial charge in [-0.1, -0.05) is 11.6 Å². The van der Waals surface area contributed by atoms with Gasteiger partial charge in [-0.05, 0) is 25.7 Å². The maximum atomic E-state index is 11.2. The molecule has 1 fully saturated rings. The molecule has 1 aliphatic rings. The third kappa shape index (κ3) is 2.11. The van der Waals surface area contributed by atoms with Crippen LogP contribution in [0.2, 0.25) is 0 Å². The molecule has 1 aromatic heterocycles. The standard InChI is InChI=1S/C10H15N3O2/c14-11-6-10-7-12(15)8-13(10)9-4-2-1-3-5-9/h6-9,14H,1-5H2. The maximum Gasteiger partial charge on any atom is 0.247 e. The number of rotatable bonds is 2. The molecular formula is C10H15N3O2. The Balaban J connectivity index is 2.24. The molecule has 0 aromatic carbocycles. The summed E-state index contributed by atoms with van der Waals surface area (Å²) in [6.45, 7) is 0. The van der Waals surface area contributed by atoms with E-state index in [1.807, 2.05) is 4.57 Å². The zero-order chi connectivity index (χ0) is 10.7. The van der Waals surface area contributed by atoms with Crippen LogP contribution in [0, 0.1) is 5.21 Å². The highest BCUT2D eigenvalue weighted by atomic mass is 16.5.